The number of ether oxygens (including phenoxy) is 8. The molecule has 1 saturated heterocycles. The molecule has 0 radical (unpaired) electrons. The standard InChI is InChI=1S/C30H50O11Si/c1-19(20(2)31)26(32)28-27(40-30(3,4)41-28)23(38-17-34-5)12-11-21-15-22(36-7)16-24(39-18-35-6)25(21)29(33)37-13-14-42(8,9)10/h11-12,15-16,19-20,23,26-28,31-32H,13-14,17-18H2,1-10H3/b12-11+/t19-,20-,23?,26?,27-,28+/m0/s1. The number of methoxy groups -OCH3 is 3. The molecule has 2 N–H and O–H groups in total. The van der Waals surface area contributed by atoms with Crippen LogP contribution in [0, 0.1) is 5.92 Å². The van der Waals surface area contributed by atoms with Crippen molar-refractivity contribution in [2.45, 2.75) is 89.7 Å². The number of hydrogen-bond donors (Lipinski definition) is 2. The largest absolute Gasteiger partial charge is 0.497 e. The van der Waals surface area contributed by atoms with Crippen molar-refractivity contribution in [3.63, 3.8) is 0 Å². The molecule has 1 fully saturated rings. The van der Waals surface area contributed by atoms with Crippen LogP contribution in [-0.4, -0.2) is 102 Å². The van der Waals surface area contributed by atoms with E-state index < -0.39 is 56.3 Å². The minimum atomic E-state index is -1.44. The number of rotatable bonds is 17. The Bertz CT molecular complexity index is 1020. The lowest BCUT2D eigenvalue weighted by Crippen LogP contribution is -2.47. The molecule has 1 heterocycles. The van der Waals surface area contributed by atoms with Gasteiger partial charge in [0.2, 0.25) is 0 Å². The van der Waals surface area contributed by atoms with Gasteiger partial charge in [0.05, 0.1) is 25.9 Å². The van der Waals surface area contributed by atoms with Crippen molar-refractivity contribution >= 4 is 20.1 Å². The summed E-state index contributed by atoms with van der Waals surface area (Å²) in [5.41, 5.74) is 0.658. The minimum absolute atomic E-state index is 0.0734. The van der Waals surface area contributed by atoms with Crippen LogP contribution in [0.4, 0.5) is 0 Å². The van der Waals surface area contributed by atoms with Gasteiger partial charge in [-0.2, -0.15) is 0 Å². The molecular weight excluding hydrogens is 564 g/mol. The molecular formula is C30H50O11Si. The molecule has 0 aliphatic carbocycles. The molecule has 1 aliphatic heterocycles. The van der Waals surface area contributed by atoms with Gasteiger partial charge in [-0.3, -0.25) is 0 Å². The molecule has 0 amide bonds. The van der Waals surface area contributed by atoms with Gasteiger partial charge in [0.15, 0.2) is 12.6 Å². The Labute approximate surface area is 251 Å². The summed E-state index contributed by atoms with van der Waals surface area (Å²) in [4.78, 5) is 13.4. The molecule has 1 aliphatic rings. The van der Waals surface area contributed by atoms with Crippen LogP contribution in [0.1, 0.15) is 43.6 Å². The van der Waals surface area contributed by atoms with Crippen molar-refractivity contribution in [3.05, 3.63) is 29.3 Å². The van der Waals surface area contributed by atoms with Crippen LogP contribution in [0.2, 0.25) is 25.7 Å². The average molecular weight is 615 g/mol. The zero-order chi connectivity index (χ0) is 31.7. The predicted octanol–water partition coefficient (Wildman–Crippen LogP) is 4.07. The Balaban J connectivity index is 2.54. The number of aliphatic hydroxyl groups excluding tert-OH is 2. The van der Waals surface area contributed by atoms with Crippen LogP contribution in [0.3, 0.4) is 0 Å². The molecule has 12 heteroatoms. The molecule has 2 rings (SSSR count). The molecule has 2 unspecified atom stereocenters. The first-order valence-corrected chi connectivity index (χ1v) is 17.9. The van der Waals surface area contributed by atoms with Crippen LogP contribution < -0.4 is 9.47 Å². The van der Waals surface area contributed by atoms with Gasteiger partial charge in [0.25, 0.3) is 0 Å². The van der Waals surface area contributed by atoms with Crippen LogP contribution in [0.5, 0.6) is 11.5 Å². The second kappa shape index (κ2) is 16.2. The first-order chi connectivity index (χ1) is 19.6. The minimum Gasteiger partial charge on any atom is -0.497 e. The quantitative estimate of drug-likeness (QED) is 0.150. The third kappa shape index (κ3) is 10.6. The highest BCUT2D eigenvalue weighted by atomic mass is 28.3. The highest BCUT2D eigenvalue weighted by Crippen LogP contribution is 2.36. The summed E-state index contributed by atoms with van der Waals surface area (Å²) in [5, 5.41) is 21.2. The van der Waals surface area contributed by atoms with Crippen molar-refractivity contribution in [1.82, 2.24) is 0 Å². The van der Waals surface area contributed by atoms with Crippen LogP contribution in [-0.2, 0) is 28.4 Å². The molecule has 1 aromatic carbocycles. The van der Waals surface area contributed by atoms with Crippen molar-refractivity contribution in [3.8, 4) is 11.5 Å². The van der Waals surface area contributed by atoms with E-state index >= 15 is 0 Å². The first kappa shape index (κ1) is 36.2. The summed E-state index contributed by atoms with van der Waals surface area (Å²) in [5.74, 6) is -1.38. The summed E-state index contributed by atoms with van der Waals surface area (Å²) in [7, 11) is 3.05. The normalized spacial score (nSPS) is 21.6. The highest BCUT2D eigenvalue weighted by molar-refractivity contribution is 6.76. The van der Waals surface area contributed by atoms with Crippen LogP contribution in [0.25, 0.3) is 6.08 Å². The van der Waals surface area contributed by atoms with Gasteiger partial charge in [-0.15, -0.1) is 0 Å². The Morgan fingerprint density at radius 2 is 1.69 bits per heavy atom. The molecule has 0 bridgehead atoms. The van der Waals surface area contributed by atoms with Gasteiger partial charge in [-0.05, 0) is 38.4 Å². The van der Waals surface area contributed by atoms with Crippen molar-refractivity contribution < 1.29 is 52.9 Å². The number of esters is 1. The maximum absolute atomic E-state index is 13.4. The van der Waals surface area contributed by atoms with E-state index in [0.29, 0.717) is 11.3 Å². The number of benzene rings is 1. The molecule has 0 saturated carbocycles. The van der Waals surface area contributed by atoms with Gasteiger partial charge in [0, 0.05) is 34.3 Å². The van der Waals surface area contributed by atoms with Crippen LogP contribution >= 0.6 is 0 Å². The van der Waals surface area contributed by atoms with E-state index in [2.05, 4.69) is 19.6 Å². The van der Waals surface area contributed by atoms with Gasteiger partial charge in [0.1, 0.15) is 42.2 Å². The fourth-order valence-electron chi connectivity index (χ4n) is 4.36. The summed E-state index contributed by atoms with van der Waals surface area (Å²) >= 11 is 0. The van der Waals surface area contributed by atoms with E-state index in [0.717, 1.165) is 6.04 Å². The SMILES string of the molecule is COCOc1cc(OC)cc(/C=C/C(OCOC)[C@@H]2OC(C)(C)O[C@@H]2C(O)[C@@H](C)[C@H](C)O)c1C(=O)OCC[Si](C)(C)C. The molecule has 240 valence electrons. The number of carbonyl (C=O) groups is 1. The summed E-state index contributed by atoms with van der Waals surface area (Å²) < 4.78 is 45.4. The van der Waals surface area contributed by atoms with Crippen LogP contribution in [0.15, 0.2) is 18.2 Å². The third-order valence-electron chi connectivity index (χ3n) is 6.93. The Hall–Kier alpha value is -2.03. The third-order valence-corrected chi connectivity index (χ3v) is 8.64. The first-order valence-electron chi connectivity index (χ1n) is 14.2. The van der Waals surface area contributed by atoms with Gasteiger partial charge in [-0.25, -0.2) is 4.79 Å². The zero-order valence-corrected chi connectivity index (χ0v) is 27.7. The fourth-order valence-corrected chi connectivity index (χ4v) is 5.08. The van der Waals surface area contributed by atoms with Gasteiger partial charge < -0.3 is 48.1 Å². The lowest BCUT2D eigenvalue weighted by molar-refractivity contribution is -0.168. The van der Waals surface area contributed by atoms with E-state index in [9.17, 15) is 15.0 Å². The van der Waals surface area contributed by atoms with Crippen molar-refractivity contribution in [2.24, 2.45) is 5.92 Å². The average Bonchev–Trinajstić information content (AvgIpc) is 3.24. The van der Waals surface area contributed by atoms with Gasteiger partial charge in [-0.1, -0.05) is 38.7 Å². The smallest absolute Gasteiger partial charge is 0.342 e. The predicted molar refractivity (Wildman–Crippen MR) is 160 cm³/mol. The highest BCUT2D eigenvalue weighted by Gasteiger charge is 2.49. The molecule has 0 aromatic heterocycles. The maximum atomic E-state index is 13.4. The molecule has 11 nitrogen and oxygen atoms in total. The van der Waals surface area contributed by atoms with E-state index in [1.807, 2.05) is 0 Å². The van der Waals surface area contributed by atoms with Gasteiger partial charge >= 0.3 is 5.97 Å². The Kier molecular flexibility index (Phi) is 13.9. The molecule has 6 atom stereocenters. The van der Waals surface area contributed by atoms with E-state index in [-0.39, 0.29) is 31.5 Å². The van der Waals surface area contributed by atoms with Crippen molar-refractivity contribution in [1.29, 1.82) is 0 Å². The van der Waals surface area contributed by atoms with E-state index in [1.165, 1.54) is 21.3 Å². The monoisotopic (exact) mass is 614 g/mol. The summed E-state index contributed by atoms with van der Waals surface area (Å²) in [6, 6.07) is 4.10. The zero-order valence-electron chi connectivity index (χ0n) is 26.7. The summed E-state index contributed by atoms with van der Waals surface area (Å²) in [6.45, 7) is 13.6. The fraction of sp³-hybridized carbons (Fsp3) is 0.700. The second-order valence-corrected chi connectivity index (χ2v) is 17.8. The summed E-state index contributed by atoms with van der Waals surface area (Å²) in [6.07, 6.45) is -0.821. The Morgan fingerprint density at radius 1 is 1.05 bits per heavy atom. The number of hydrogen-bond acceptors (Lipinski definition) is 11. The van der Waals surface area contributed by atoms with Crippen molar-refractivity contribution in [2.75, 3.05) is 41.5 Å². The molecule has 42 heavy (non-hydrogen) atoms. The van der Waals surface area contributed by atoms with E-state index in [4.69, 9.17) is 37.9 Å². The lowest BCUT2D eigenvalue weighted by Gasteiger charge is -2.31. The van der Waals surface area contributed by atoms with E-state index in [1.54, 1.807) is 52.0 Å². The number of aliphatic hydroxyl groups is 2. The number of carbonyl (C=O) groups excluding carboxylic acids is 1. The second-order valence-electron chi connectivity index (χ2n) is 12.1. The topological polar surface area (TPSA) is 131 Å². The molecule has 0 spiro atoms. The lowest BCUT2D eigenvalue weighted by atomic mass is 9.90. The Morgan fingerprint density at radius 3 is 2.26 bits per heavy atom. The maximum Gasteiger partial charge on any atom is 0.342 e. The molecule has 1 aromatic rings.